The van der Waals surface area contributed by atoms with E-state index >= 15 is 0 Å². The van der Waals surface area contributed by atoms with E-state index in [2.05, 4.69) is 25.3 Å². The smallest absolute Gasteiger partial charge is 0.422 e. The van der Waals surface area contributed by atoms with Crippen molar-refractivity contribution in [3.63, 3.8) is 0 Å². The Morgan fingerprint density at radius 1 is 1.19 bits per heavy atom. The van der Waals surface area contributed by atoms with Crippen LogP contribution in [0.25, 0.3) is 0 Å². The lowest BCUT2D eigenvalue weighted by atomic mass is 10.2. The summed E-state index contributed by atoms with van der Waals surface area (Å²) in [4.78, 5) is 9.08. The highest BCUT2D eigenvalue weighted by Crippen LogP contribution is 2.23. The molecule has 0 saturated carbocycles. The molecule has 2 aromatic rings. The van der Waals surface area contributed by atoms with Crippen LogP contribution < -0.4 is 10.1 Å². The zero-order chi connectivity index (χ0) is 21.4. The molecule has 0 unspecified atom stereocenters. The molecule has 1 aromatic carbocycles. The number of aromatic nitrogens is 1. The van der Waals surface area contributed by atoms with E-state index in [0.717, 1.165) is 44.4 Å². The number of alkyl halides is 3. The van der Waals surface area contributed by atoms with Gasteiger partial charge in [-0.25, -0.2) is 4.99 Å². The van der Waals surface area contributed by atoms with Gasteiger partial charge in [-0.2, -0.15) is 13.2 Å². The van der Waals surface area contributed by atoms with E-state index in [9.17, 15) is 13.2 Å². The van der Waals surface area contributed by atoms with Crippen LogP contribution in [-0.4, -0.2) is 66.4 Å². The van der Waals surface area contributed by atoms with Gasteiger partial charge < -0.3 is 19.5 Å². The zero-order valence-electron chi connectivity index (χ0n) is 17.3. The predicted molar refractivity (Wildman–Crippen MR) is 122 cm³/mol. The quantitative estimate of drug-likeness (QED) is 0.322. The zero-order valence-corrected chi connectivity index (χ0v) is 19.6. The van der Waals surface area contributed by atoms with Crippen molar-refractivity contribution in [1.82, 2.24) is 20.3 Å². The summed E-state index contributed by atoms with van der Waals surface area (Å²) in [5.74, 6) is 0.941. The number of halogens is 4. The van der Waals surface area contributed by atoms with Gasteiger partial charge in [0.2, 0.25) is 0 Å². The first-order valence-corrected chi connectivity index (χ1v) is 9.87. The number of ether oxygens (including phenoxy) is 1. The maximum Gasteiger partial charge on any atom is 0.422 e. The third-order valence-electron chi connectivity index (χ3n) is 4.65. The fourth-order valence-electron chi connectivity index (χ4n) is 3.19. The summed E-state index contributed by atoms with van der Waals surface area (Å²) in [7, 11) is 0. The van der Waals surface area contributed by atoms with Gasteiger partial charge in [0.05, 0.1) is 12.2 Å². The number of nitrogens with one attached hydrogen (secondary N) is 1. The van der Waals surface area contributed by atoms with Gasteiger partial charge in [0.25, 0.3) is 0 Å². The molecule has 11 heteroatoms. The maximum atomic E-state index is 12.5. The van der Waals surface area contributed by atoms with Gasteiger partial charge in [0.1, 0.15) is 12.0 Å². The molecule has 31 heavy (non-hydrogen) atoms. The third kappa shape index (κ3) is 8.20. The van der Waals surface area contributed by atoms with Crippen molar-refractivity contribution in [3.8, 4) is 5.75 Å². The van der Waals surface area contributed by atoms with Crippen LogP contribution in [0.4, 0.5) is 13.2 Å². The highest BCUT2D eigenvalue weighted by Gasteiger charge is 2.28. The Hall–Kier alpha value is -2.02. The third-order valence-corrected chi connectivity index (χ3v) is 4.65. The molecule has 3 rings (SSSR count). The fourth-order valence-corrected chi connectivity index (χ4v) is 3.19. The minimum absolute atomic E-state index is 0. The molecule has 0 aliphatic carbocycles. The summed E-state index contributed by atoms with van der Waals surface area (Å²) in [6.45, 7) is 5.61. The summed E-state index contributed by atoms with van der Waals surface area (Å²) in [5.41, 5.74) is 1.52. The van der Waals surface area contributed by atoms with E-state index in [1.165, 1.54) is 6.07 Å². The lowest BCUT2D eigenvalue weighted by molar-refractivity contribution is -0.153. The monoisotopic (exact) mass is 553 g/mol. The first-order chi connectivity index (χ1) is 14.4. The largest absolute Gasteiger partial charge is 0.484 e. The molecule has 7 nitrogen and oxygen atoms in total. The number of rotatable bonds is 7. The van der Waals surface area contributed by atoms with Crippen LogP contribution in [0.1, 0.15) is 18.2 Å². The number of nitrogens with zero attached hydrogens (tertiary/aromatic N) is 4. The SMILES string of the molecule is CCNC(=NCc1ccccc1OCC(F)(F)F)N1CCN(Cc2ccon2)CC1.I. The van der Waals surface area contributed by atoms with Gasteiger partial charge >= 0.3 is 6.18 Å². The molecule has 1 aromatic heterocycles. The Morgan fingerprint density at radius 2 is 1.94 bits per heavy atom. The molecular formula is C20H27F3IN5O2. The average Bonchev–Trinajstić information content (AvgIpc) is 3.23. The van der Waals surface area contributed by atoms with Crippen LogP contribution in [-0.2, 0) is 13.1 Å². The Balaban J connectivity index is 0.00000341. The summed E-state index contributed by atoms with van der Waals surface area (Å²) < 4.78 is 47.3. The summed E-state index contributed by atoms with van der Waals surface area (Å²) in [6.07, 6.45) is -2.81. The molecular weight excluding hydrogens is 526 g/mol. The van der Waals surface area contributed by atoms with Crippen LogP contribution in [0.2, 0.25) is 0 Å². The van der Waals surface area contributed by atoms with Crippen molar-refractivity contribution in [2.75, 3.05) is 39.3 Å². The number of aliphatic imine (C=N–C) groups is 1. The molecule has 172 valence electrons. The van der Waals surface area contributed by atoms with E-state index in [-0.39, 0.29) is 36.3 Å². The fraction of sp³-hybridized carbons (Fsp3) is 0.500. The van der Waals surface area contributed by atoms with Crippen LogP contribution in [0.15, 0.2) is 46.1 Å². The van der Waals surface area contributed by atoms with Crippen molar-refractivity contribution in [2.24, 2.45) is 4.99 Å². The van der Waals surface area contributed by atoms with Crippen LogP contribution in [0.3, 0.4) is 0 Å². The Morgan fingerprint density at radius 3 is 2.58 bits per heavy atom. The normalized spacial score (nSPS) is 15.5. The summed E-state index contributed by atoms with van der Waals surface area (Å²) >= 11 is 0. The van der Waals surface area contributed by atoms with Crippen molar-refractivity contribution >= 4 is 29.9 Å². The molecule has 1 fully saturated rings. The second-order valence-corrected chi connectivity index (χ2v) is 6.94. The summed E-state index contributed by atoms with van der Waals surface area (Å²) in [5, 5.41) is 7.21. The van der Waals surface area contributed by atoms with Gasteiger partial charge in [0.15, 0.2) is 12.6 Å². The van der Waals surface area contributed by atoms with Crippen LogP contribution in [0.5, 0.6) is 5.75 Å². The highest BCUT2D eigenvalue weighted by atomic mass is 127. The number of benzene rings is 1. The lowest BCUT2D eigenvalue weighted by Crippen LogP contribution is -2.52. The van der Waals surface area contributed by atoms with E-state index in [1.54, 1.807) is 24.5 Å². The molecule has 0 amide bonds. The first-order valence-electron chi connectivity index (χ1n) is 9.87. The van der Waals surface area contributed by atoms with Gasteiger partial charge in [-0.1, -0.05) is 23.4 Å². The van der Waals surface area contributed by atoms with E-state index in [4.69, 9.17) is 9.26 Å². The molecule has 1 aliphatic rings. The van der Waals surface area contributed by atoms with Gasteiger partial charge in [0, 0.05) is 50.9 Å². The average molecular weight is 553 g/mol. The van der Waals surface area contributed by atoms with Gasteiger partial charge in [-0.05, 0) is 13.0 Å². The maximum absolute atomic E-state index is 12.5. The van der Waals surface area contributed by atoms with Crippen molar-refractivity contribution in [2.45, 2.75) is 26.2 Å². The first kappa shape index (κ1) is 25.2. The number of piperazine rings is 1. The lowest BCUT2D eigenvalue weighted by Gasteiger charge is -2.36. The van der Waals surface area contributed by atoms with Crippen molar-refractivity contribution in [1.29, 1.82) is 0 Å². The second kappa shape index (κ2) is 12.1. The Bertz CT molecular complexity index is 809. The van der Waals surface area contributed by atoms with Crippen molar-refractivity contribution in [3.05, 3.63) is 47.9 Å². The minimum atomic E-state index is -4.38. The molecule has 0 spiro atoms. The number of hydrogen-bond donors (Lipinski definition) is 1. The standard InChI is InChI=1S/C20H26F3N5O2.HI/c1-2-24-19(28-10-8-27(9-11-28)14-17-7-12-30-26-17)25-13-16-5-3-4-6-18(16)29-15-20(21,22)23;/h3-7,12H,2,8-11,13-15H2,1H3,(H,24,25);1H. The van der Waals surface area contributed by atoms with E-state index in [1.807, 2.05) is 13.0 Å². The number of para-hydroxylation sites is 1. The molecule has 0 radical (unpaired) electrons. The van der Waals surface area contributed by atoms with E-state index < -0.39 is 12.8 Å². The molecule has 0 atom stereocenters. The van der Waals surface area contributed by atoms with Crippen LogP contribution in [0, 0.1) is 0 Å². The summed E-state index contributed by atoms with van der Waals surface area (Å²) in [6, 6.07) is 8.54. The molecule has 1 saturated heterocycles. The van der Waals surface area contributed by atoms with Gasteiger partial charge in [-0.3, -0.25) is 4.90 Å². The predicted octanol–water partition coefficient (Wildman–Crippen LogP) is 3.52. The molecule has 2 heterocycles. The van der Waals surface area contributed by atoms with E-state index in [0.29, 0.717) is 12.1 Å². The second-order valence-electron chi connectivity index (χ2n) is 6.94. The highest BCUT2D eigenvalue weighted by molar-refractivity contribution is 14.0. The Labute approximate surface area is 196 Å². The molecule has 1 aliphatic heterocycles. The number of hydrogen-bond acceptors (Lipinski definition) is 5. The van der Waals surface area contributed by atoms with Crippen LogP contribution >= 0.6 is 24.0 Å². The van der Waals surface area contributed by atoms with Gasteiger partial charge in [-0.15, -0.1) is 24.0 Å². The molecule has 1 N–H and O–H groups in total. The van der Waals surface area contributed by atoms with Crippen molar-refractivity contribution < 1.29 is 22.4 Å². The minimum Gasteiger partial charge on any atom is -0.484 e. The topological polar surface area (TPSA) is 66.1 Å². The molecule has 0 bridgehead atoms. The number of guanidine groups is 1. The Kier molecular flexibility index (Phi) is 9.88.